The summed E-state index contributed by atoms with van der Waals surface area (Å²) in [4.78, 5) is 0. The summed E-state index contributed by atoms with van der Waals surface area (Å²) in [5.74, 6) is 0.554. The molecule has 0 saturated carbocycles. The second-order valence-corrected chi connectivity index (χ2v) is 5.87. The highest BCUT2D eigenvalue weighted by Gasteiger charge is 2.20. The van der Waals surface area contributed by atoms with E-state index < -0.39 is 0 Å². The molecule has 1 aliphatic carbocycles. The van der Waals surface area contributed by atoms with Crippen molar-refractivity contribution in [3.05, 3.63) is 52.3 Å². The van der Waals surface area contributed by atoms with Gasteiger partial charge in [-0.25, -0.2) is 4.68 Å². The molecule has 0 aliphatic heterocycles. The summed E-state index contributed by atoms with van der Waals surface area (Å²) in [5, 5.41) is 4.55. The third kappa shape index (κ3) is 2.49. The number of nitrogens with zero attached hydrogens (tertiary/aromatic N) is 2. The maximum atomic E-state index is 5.88. The van der Waals surface area contributed by atoms with Crippen LogP contribution in [0, 0.1) is 0 Å². The molecular weight excluding hydrogens is 324 g/mol. The Balaban J connectivity index is 2.14. The lowest BCUT2D eigenvalue weighted by Crippen LogP contribution is -2.07. The van der Waals surface area contributed by atoms with Crippen molar-refractivity contribution in [2.24, 2.45) is 0 Å². The molecule has 0 amide bonds. The maximum absolute atomic E-state index is 5.88. The first-order valence-corrected chi connectivity index (χ1v) is 7.70. The molecule has 1 aliphatic rings. The SMILES string of the molecule is ClC/C=C1\CCCc2cnn(-c3cccc(Br)c3)c21. The minimum absolute atomic E-state index is 0.554. The molecule has 2 nitrogen and oxygen atoms in total. The summed E-state index contributed by atoms with van der Waals surface area (Å²) in [6, 6.07) is 8.21. The maximum Gasteiger partial charge on any atom is 0.0729 e. The van der Waals surface area contributed by atoms with Gasteiger partial charge in [0.05, 0.1) is 17.6 Å². The third-order valence-corrected chi connectivity index (χ3v) is 4.07. The quantitative estimate of drug-likeness (QED) is 0.733. The monoisotopic (exact) mass is 336 g/mol. The van der Waals surface area contributed by atoms with Crippen LogP contribution < -0.4 is 0 Å². The van der Waals surface area contributed by atoms with Crippen molar-refractivity contribution in [2.75, 3.05) is 5.88 Å². The van der Waals surface area contributed by atoms with Crippen LogP contribution in [0.25, 0.3) is 11.3 Å². The predicted molar refractivity (Wildman–Crippen MR) is 82.9 cm³/mol. The first-order chi connectivity index (χ1) is 9.29. The average Bonchev–Trinajstić information content (AvgIpc) is 2.84. The number of benzene rings is 1. The second-order valence-electron chi connectivity index (χ2n) is 4.65. The number of aromatic nitrogens is 2. The summed E-state index contributed by atoms with van der Waals surface area (Å²) in [7, 11) is 0. The normalized spacial score (nSPS) is 16.6. The Hall–Kier alpha value is -1.06. The zero-order valence-electron chi connectivity index (χ0n) is 10.4. The number of allylic oxidation sites excluding steroid dienone is 2. The van der Waals surface area contributed by atoms with Crippen LogP contribution in [0.1, 0.15) is 24.1 Å². The topological polar surface area (TPSA) is 17.8 Å². The van der Waals surface area contributed by atoms with Gasteiger partial charge in [0.25, 0.3) is 0 Å². The smallest absolute Gasteiger partial charge is 0.0729 e. The molecule has 1 aromatic heterocycles. The van der Waals surface area contributed by atoms with E-state index in [2.05, 4.69) is 39.2 Å². The highest BCUT2D eigenvalue weighted by Crippen LogP contribution is 2.32. The van der Waals surface area contributed by atoms with Crippen LogP contribution >= 0.6 is 27.5 Å². The molecule has 2 aromatic rings. The van der Waals surface area contributed by atoms with Crippen LogP contribution in [0.5, 0.6) is 0 Å². The van der Waals surface area contributed by atoms with Crippen molar-refractivity contribution >= 4 is 33.1 Å². The molecule has 0 unspecified atom stereocenters. The first-order valence-electron chi connectivity index (χ1n) is 6.38. The summed E-state index contributed by atoms with van der Waals surface area (Å²) in [6.07, 6.45) is 7.45. The van der Waals surface area contributed by atoms with Crippen molar-refractivity contribution in [1.82, 2.24) is 9.78 Å². The van der Waals surface area contributed by atoms with Crippen LogP contribution in [-0.4, -0.2) is 15.7 Å². The molecule has 4 heteroatoms. The van der Waals surface area contributed by atoms with Crippen molar-refractivity contribution in [3.63, 3.8) is 0 Å². The standard InChI is InChI=1S/C15H14BrClN2/c16-13-5-2-6-14(9-13)19-15-11(7-8-17)3-1-4-12(15)10-18-19/h2,5-7,9-10H,1,3-4,8H2/b11-7+. The molecule has 0 spiro atoms. The minimum atomic E-state index is 0.554. The average molecular weight is 338 g/mol. The molecule has 0 saturated heterocycles. The fourth-order valence-corrected chi connectivity index (χ4v) is 3.16. The van der Waals surface area contributed by atoms with Crippen molar-refractivity contribution < 1.29 is 0 Å². The first kappa shape index (κ1) is 12.9. The van der Waals surface area contributed by atoms with Crippen LogP contribution in [0.3, 0.4) is 0 Å². The fourth-order valence-electron chi connectivity index (χ4n) is 2.59. The number of rotatable bonds is 2. The Morgan fingerprint density at radius 1 is 1.37 bits per heavy atom. The lowest BCUT2D eigenvalue weighted by atomic mass is 9.93. The van der Waals surface area contributed by atoms with E-state index >= 15 is 0 Å². The van der Waals surface area contributed by atoms with E-state index in [1.807, 2.05) is 23.0 Å². The molecule has 1 heterocycles. The van der Waals surface area contributed by atoms with E-state index in [9.17, 15) is 0 Å². The van der Waals surface area contributed by atoms with Crippen molar-refractivity contribution in [1.29, 1.82) is 0 Å². The molecule has 3 rings (SSSR count). The Morgan fingerprint density at radius 2 is 2.26 bits per heavy atom. The van der Waals surface area contributed by atoms with E-state index in [1.54, 1.807) is 0 Å². The van der Waals surface area contributed by atoms with Crippen LogP contribution in [-0.2, 0) is 6.42 Å². The van der Waals surface area contributed by atoms with E-state index in [0.29, 0.717) is 5.88 Å². The second kappa shape index (κ2) is 5.51. The number of aryl methyl sites for hydroxylation is 1. The Morgan fingerprint density at radius 3 is 3.05 bits per heavy atom. The van der Waals surface area contributed by atoms with Crippen LogP contribution in [0.15, 0.2) is 41.0 Å². The summed E-state index contributed by atoms with van der Waals surface area (Å²) < 4.78 is 3.09. The van der Waals surface area contributed by atoms with Gasteiger partial charge in [-0.2, -0.15) is 5.10 Å². The Kier molecular flexibility index (Phi) is 3.76. The van der Waals surface area contributed by atoms with Gasteiger partial charge in [0.1, 0.15) is 0 Å². The van der Waals surface area contributed by atoms with Crippen molar-refractivity contribution in [3.8, 4) is 5.69 Å². The Bertz CT molecular complexity index is 631. The molecule has 0 N–H and O–H groups in total. The highest BCUT2D eigenvalue weighted by atomic mass is 79.9. The summed E-state index contributed by atoms with van der Waals surface area (Å²) >= 11 is 9.39. The zero-order valence-corrected chi connectivity index (χ0v) is 12.8. The number of hydrogen-bond acceptors (Lipinski definition) is 1. The molecule has 1 aromatic carbocycles. The minimum Gasteiger partial charge on any atom is -0.233 e. The summed E-state index contributed by atoms with van der Waals surface area (Å²) in [6.45, 7) is 0. The van der Waals surface area contributed by atoms with E-state index in [1.165, 1.54) is 23.3 Å². The van der Waals surface area contributed by atoms with Gasteiger partial charge in [-0.05, 0) is 48.6 Å². The molecule has 0 atom stereocenters. The van der Waals surface area contributed by atoms with Crippen LogP contribution in [0.2, 0.25) is 0 Å². The van der Waals surface area contributed by atoms with Gasteiger partial charge < -0.3 is 0 Å². The molecule has 0 bridgehead atoms. The molecule has 0 fully saturated rings. The number of fused-ring (bicyclic) bond motifs is 1. The van der Waals surface area contributed by atoms with Gasteiger partial charge in [0.2, 0.25) is 0 Å². The van der Waals surface area contributed by atoms with Gasteiger partial charge >= 0.3 is 0 Å². The molecular formula is C15H14BrClN2. The van der Waals surface area contributed by atoms with Gasteiger partial charge in [-0.3, -0.25) is 0 Å². The largest absolute Gasteiger partial charge is 0.233 e. The van der Waals surface area contributed by atoms with Gasteiger partial charge in [-0.1, -0.05) is 28.1 Å². The molecule has 19 heavy (non-hydrogen) atoms. The lowest BCUT2D eigenvalue weighted by molar-refractivity contribution is 0.793. The fraction of sp³-hybridized carbons (Fsp3) is 0.267. The number of hydrogen-bond donors (Lipinski definition) is 0. The molecule has 0 radical (unpaired) electrons. The third-order valence-electron chi connectivity index (χ3n) is 3.42. The molecule has 98 valence electrons. The van der Waals surface area contributed by atoms with Crippen LogP contribution in [0.4, 0.5) is 0 Å². The van der Waals surface area contributed by atoms with Gasteiger partial charge in [0, 0.05) is 10.4 Å². The van der Waals surface area contributed by atoms with E-state index in [-0.39, 0.29) is 0 Å². The number of halogens is 2. The van der Waals surface area contributed by atoms with Crippen molar-refractivity contribution in [2.45, 2.75) is 19.3 Å². The Labute approximate surface area is 126 Å². The van der Waals surface area contributed by atoms with E-state index in [0.717, 1.165) is 23.0 Å². The number of alkyl halides is 1. The highest BCUT2D eigenvalue weighted by molar-refractivity contribution is 9.10. The van der Waals surface area contributed by atoms with Gasteiger partial charge in [-0.15, -0.1) is 11.6 Å². The lowest BCUT2D eigenvalue weighted by Gasteiger charge is -2.17. The summed E-state index contributed by atoms with van der Waals surface area (Å²) in [5.41, 5.74) is 4.94. The van der Waals surface area contributed by atoms with E-state index in [4.69, 9.17) is 11.6 Å². The zero-order chi connectivity index (χ0) is 13.2. The van der Waals surface area contributed by atoms with Gasteiger partial charge in [0.15, 0.2) is 0 Å². The predicted octanol–water partition coefficient (Wildman–Crippen LogP) is 4.59.